The summed E-state index contributed by atoms with van der Waals surface area (Å²) in [6.45, 7) is 3.42. The summed E-state index contributed by atoms with van der Waals surface area (Å²) in [5.74, 6) is 0.564. The molecule has 0 aromatic rings. The SMILES string of the molecule is CN1CCO[C@H](CN=C(N)NC2CC2)C1. The summed E-state index contributed by atoms with van der Waals surface area (Å²) in [5, 5.41) is 3.16. The number of nitrogens with zero attached hydrogens (tertiary/aromatic N) is 2. The second-order valence-corrected chi connectivity index (χ2v) is 4.40. The van der Waals surface area contributed by atoms with Crippen LogP contribution in [0.3, 0.4) is 0 Å². The van der Waals surface area contributed by atoms with Crippen molar-refractivity contribution in [2.24, 2.45) is 10.7 Å². The van der Waals surface area contributed by atoms with Gasteiger partial charge in [0, 0.05) is 19.1 Å². The van der Waals surface area contributed by atoms with E-state index < -0.39 is 0 Å². The lowest BCUT2D eigenvalue weighted by molar-refractivity contribution is -0.0136. The number of likely N-dealkylation sites (N-methyl/N-ethyl adjacent to an activating group) is 1. The third-order valence-corrected chi connectivity index (χ3v) is 2.74. The van der Waals surface area contributed by atoms with Gasteiger partial charge in [-0.05, 0) is 19.9 Å². The molecule has 1 saturated carbocycles. The predicted octanol–water partition coefficient (Wildman–Crippen LogP) is -0.616. The van der Waals surface area contributed by atoms with E-state index in [9.17, 15) is 0 Å². The Kier molecular flexibility index (Phi) is 3.43. The van der Waals surface area contributed by atoms with Gasteiger partial charge in [-0.15, -0.1) is 0 Å². The molecule has 1 heterocycles. The predicted molar refractivity (Wildman–Crippen MR) is 59.9 cm³/mol. The molecule has 2 aliphatic rings. The van der Waals surface area contributed by atoms with Gasteiger partial charge in [0.15, 0.2) is 5.96 Å². The molecule has 2 rings (SSSR count). The zero-order valence-corrected chi connectivity index (χ0v) is 9.28. The van der Waals surface area contributed by atoms with Crippen molar-refractivity contribution in [3.8, 4) is 0 Å². The molecule has 3 N–H and O–H groups in total. The van der Waals surface area contributed by atoms with Gasteiger partial charge in [0.25, 0.3) is 0 Å². The first-order valence-electron chi connectivity index (χ1n) is 5.60. The highest BCUT2D eigenvalue weighted by molar-refractivity contribution is 5.78. The number of ether oxygens (including phenoxy) is 1. The number of nitrogens with one attached hydrogen (secondary N) is 1. The van der Waals surface area contributed by atoms with E-state index in [1.165, 1.54) is 12.8 Å². The van der Waals surface area contributed by atoms with Crippen LogP contribution in [0.5, 0.6) is 0 Å². The molecule has 1 aliphatic heterocycles. The van der Waals surface area contributed by atoms with E-state index in [-0.39, 0.29) is 6.10 Å². The maximum Gasteiger partial charge on any atom is 0.188 e. The fraction of sp³-hybridized carbons (Fsp3) is 0.900. The number of guanidine groups is 1. The zero-order chi connectivity index (χ0) is 10.7. The minimum absolute atomic E-state index is 0.198. The Morgan fingerprint density at radius 1 is 1.60 bits per heavy atom. The second kappa shape index (κ2) is 4.81. The van der Waals surface area contributed by atoms with Crippen molar-refractivity contribution < 1.29 is 4.74 Å². The summed E-state index contributed by atoms with van der Waals surface area (Å²) >= 11 is 0. The minimum atomic E-state index is 0.198. The van der Waals surface area contributed by atoms with Crippen LogP contribution in [0.4, 0.5) is 0 Å². The lowest BCUT2D eigenvalue weighted by Gasteiger charge is -2.29. The Bertz CT molecular complexity index is 240. The Morgan fingerprint density at radius 2 is 2.40 bits per heavy atom. The van der Waals surface area contributed by atoms with Crippen molar-refractivity contribution >= 4 is 5.96 Å². The molecule has 5 heteroatoms. The fourth-order valence-electron chi connectivity index (χ4n) is 1.66. The van der Waals surface area contributed by atoms with Crippen molar-refractivity contribution in [1.82, 2.24) is 10.2 Å². The average Bonchev–Trinajstić information content (AvgIpc) is 2.99. The third kappa shape index (κ3) is 3.68. The van der Waals surface area contributed by atoms with Gasteiger partial charge in [0.2, 0.25) is 0 Å². The van der Waals surface area contributed by atoms with Crippen LogP contribution < -0.4 is 11.1 Å². The van der Waals surface area contributed by atoms with Crippen LogP contribution in [0.1, 0.15) is 12.8 Å². The van der Waals surface area contributed by atoms with Gasteiger partial charge in [-0.25, -0.2) is 0 Å². The first-order valence-corrected chi connectivity index (χ1v) is 5.60. The van der Waals surface area contributed by atoms with Crippen LogP contribution in [0.25, 0.3) is 0 Å². The molecule has 86 valence electrons. The van der Waals surface area contributed by atoms with Gasteiger partial charge < -0.3 is 20.7 Å². The lowest BCUT2D eigenvalue weighted by atomic mass is 10.3. The van der Waals surface area contributed by atoms with Gasteiger partial charge in [-0.2, -0.15) is 0 Å². The largest absolute Gasteiger partial charge is 0.374 e. The molecular weight excluding hydrogens is 192 g/mol. The topological polar surface area (TPSA) is 62.9 Å². The average molecular weight is 212 g/mol. The standard InChI is InChI=1S/C10H20N4O/c1-14-4-5-15-9(7-14)6-12-10(11)13-8-2-3-8/h8-9H,2-7H2,1H3,(H3,11,12,13)/t9-/m1/s1. The van der Waals surface area contributed by atoms with Crippen LogP contribution in [0.15, 0.2) is 4.99 Å². The molecule has 0 bridgehead atoms. The Hall–Kier alpha value is -0.810. The van der Waals surface area contributed by atoms with Crippen molar-refractivity contribution in [2.45, 2.75) is 25.0 Å². The van der Waals surface area contributed by atoms with E-state index in [0.29, 0.717) is 18.5 Å². The molecule has 15 heavy (non-hydrogen) atoms. The quantitative estimate of drug-likeness (QED) is 0.483. The van der Waals surface area contributed by atoms with E-state index in [2.05, 4.69) is 22.3 Å². The normalized spacial score (nSPS) is 29.1. The van der Waals surface area contributed by atoms with Crippen LogP contribution in [0, 0.1) is 0 Å². The van der Waals surface area contributed by atoms with E-state index in [0.717, 1.165) is 19.7 Å². The molecule has 5 nitrogen and oxygen atoms in total. The molecule has 0 aromatic heterocycles. The highest BCUT2D eigenvalue weighted by atomic mass is 16.5. The number of morpholine rings is 1. The van der Waals surface area contributed by atoms with Gasteiger partial charge in [0.05, 0.1) is 19.3 Å². The fourth-order valence-corrected chi connectivity index (χ4v) is 1.66. The monoisotopic (exact) mass is 212 g/mol. The smallest absolute Gasteiger partial charge is 0.188 e. The molecule has 1 aliphatic carbocycles. The van der Waals surface area contributed by atoms with E-state index in [4.69, 9.17) is 10.5 Å². The summed E-state index contributed by atoms with van der Waals surface area (Å²) < 4.78 is 5.59. The molecule has 0 aromatic carbocycles. The van der Waals surface area contributed by atoms with E-state index >= 15 is 0 Å². The van der Waals surface area contributed by atoms with Crippen LogP contribution in [0.2, 0.25) is 0 Å². The molecule has 2 fully saturated rings. The Labute approximate surface area is 90.7 Å². The van der Waals surface area contributed by atoms with Crippen molar-refractivity contribution in [2.75, 3.05) is 33.3 Å². The number of nitrogens with two attached hydrogens (primary N) is 1. The Morgan fingerprint density at radius 3 is 3.07 bits per heavy atom. The molecule has 1 atom stereocenters. The summed E-state index contributed by atoms with van der Waals surface area (Å²) in [6.07, 6.45) is 2.64. The number of hydrogen-bond acceptors (Lipinski definition) is 3. The van der Waals surface area contributed by atoms with Crippen LogP contribution >= 0.6 is 0 Å². The summed E-state index contributed by atoms with van der Waals surface area (Å²) in [7, 11) is 2.10. The van der Waals surface area contributed by atoms with E-state index in [1.807, 2.05) is 0 Å². The number of hydrogen-bond donors (Lipinski definition) is 2. The molecule has 0 spiro atoms. The molecular formula is C10H20N4O. The molecule has 1 saturated heterocycles. The summed E-state index contributed by atoms with van der Waals surface area (Å²) in [4.78, 5) is 6.55. The van der Waals surface area contributed by atoms with Gasteiger partial charge >= 0.3 is 0 Å². The first kappa shape index (κ1) is 10.7. The molecule has 0 unspecified atom stereocenters. The van der Waals surface area contributed by atoms with Crippen LogP contribution in [-0.2, 0) is 4.74 Å². The number of rotatable bonds is 3. The van der Waals surface area contributed by atoms with Crippen molar-refractivity contribution in [3.63, 3.8) is 0 Å². The second-order valence-electron chi connectivity index (χ2n) is 4.40. The molecule has 0 radical (unpaired) electrons. The van der Waals surface area contributed by atoms with Gasteiger partial charge in [-0.1, -0.05) is 0 Å². The van der Waals surface area contributed by atoms with Crippen molar-refractivity contribution in [3.05, 3.63) is 0 Å². The zero-order valence-electron chi connectivity index (χ0n) is 9.28. The van der Waals surface area contributed by atoms with Gasteiger partial charge in [-0.3, -0.25) is 4.99 Å². The molecule has 0 amide bonds. The van der Waals surface area contributed by atoms with Crippen molar-refractivity contribution in [1.29, 1.82) is 0 Å². The maximum absolute atomic E-state index is 5.74. The Balaban J connectivity index is 1.70. The highest BCUT2D eigenvalue weighted by Crippen LogP contribution is 2.18. The summed E-state index contributed by atoms with van der Waals surface area (Å²) in [6, 6.07) is 0.573. The van der Waals surface area contributed by atoms with E-state index in [1.54, 1.807) is 0 Å². The van der Waals surface area contributed by atoms with Crippen LogP contribution in [-0.4, -0.2) is 56.3 Å². The minimum Gasteiger partial charge on any atom is -0.374 e. The number of aliphatic imine (C=N–C) groups is 1. The first-order chi connectivity index (χ1) is 7.24. The summed E-state index contributed by atoms with van der Waals surface area (Å²) in [5.41, 5.74) is 5.74. The highest BCUT2D eigenvalue weighted by Gasteiger charge is 2.22. The lowest BCUT2D eigenvalue weighted by Crippen LogP contribution is -2.42. The third-order valence-electron chi connectivity index (χ3n) is 2.74. The van der Waals surface area contributed by atoms with Gasteiger partial charge in [0.1, 0.15) is 0 Å². The maximum atomic E-state index is 5.74.